The number of hydrogen-bond acceptors (Lipinski definition) is 4. The van der Waals surface area contributed by atoms with Gasteiger partial charge in [-0.3, -0.25) is 4.90 Å². The molecular weight excluding hydrogens is 238 g/mol. The lowest BCUT2D eigenvalue weighted by Crippen LogP contribution is -2.48. The van der Waals surface area contributed by atoms with Crippen molar-refractivity contribution in [3.05, 3.63) is 0 Å². The lowest BCUT2D eigenvalue weighted by atomic mass is 10.0. The monoisotopic (exact) mass is 257 g/mol. The summed E-state index contributed by atoms with van der Waals surface area (Å²) in [6, 6.07) is -0.959. The molecule has 0 aromatic rings. The first-order chi connectivity index (χ1) is 8.29. The summed E-state index contributed by atoms with van der Waals surface area (Å²) in [5.74, 6) is -0.867. The number of nitrogens with zero attached hydrogens (tertiary/aromatic N) is 1. The third-order valence-electron chi connectivity index (χ3n) is 3.27. The van der Waals surface area contributed by atoms with Crippen LogP contribution in [-0.2, 0) is 14.3 Å². The number of likely N-dealkylation sites (tertiary alicyclic amines) is 1. The number of ether oxygens (including phenoxy) is 2. The molecule has 1 N–H and O–H groups in total. The largest absolute Gasteiger partial charge is 0.480 e. The quantitative estimate of drug-likeness (QED) is 0.761. The van der Waals surface area contributed by atoms with Crippen LogP contribution < -0.4 is 0 Å². The van der Waals surface area contributed by atoms with Crippen molar-refractivity contribution in [2.24, 2.45) is 5.92 Å². The number of carboxylic acids is 1. The molecule has 0 aliphatic carbocycles. The molecule has 18 heavy (non-hydrogen) atoms. The van der Waals surface area contributed by atoms with Gasteiger partial charge in [-0.1, -0.05) is 0 Å². The zero-order chi connectivity index (χ0) is 13.5. The summed E-state index contributed by atoms with van der Waals surface area (Å²) >= 11 is 0. The number of fused-ring (bicyclic) bond motifs is 1. The number of carbonyl (C=O) groups excluding carboxylic acids is 1. The van der Waals surface area contributed by atoms with Crippen LogP contribution in [0.3, 0.4) is 0 Å². The Balaban J connectivity index is 2.16. The van der Waals surface area contributed by atoms with Gasteiger partial charge in [-0.05, 0) is 27.2 Å². The van der Waals surface area contributed by atoms with Gasteiger partial charge in [0.05, 0.1) is 19.3 Å². The number of carbonyl (C=O) groups is 2. The van der Waals surface area contributed by atoms with Crippen LogP contribution in [0.15, 0.2) is 0 Å². The van der Waals surface area contributed by atoms with Crippen molar-refractivity contribution < 1.29 is 24.2 Å². The zero-order valence-corrected chi connectivity index (χ0v) is 10.9. The van der Waals surface area contributed by atoms with Gasteiger partial charge in [-0.25, -0.2) is 9.59 Å². The number of amides is 1. The van der Waals surface area contributed by atoms with Gasteiger partial charge in [-0.2, -0.15) is 0 Å². The maximum atomic E-state index is 12.1. The molecule has 0 aromatic carbocycles. The summed E-state index contributed by atoms with van der Waals surface area (Å²) in [4.78, 5) is 24.7. The van der Waals surface area contributed by atoms with E-state index in [4.69, 9.17) is 9.47 Å². The van der Waals surface area contributed by atoms with E-state index in [9.17, 15) is 14.7 Å². The summed E-state index contributed by atoms with van der Waals surface area (Å²) in [6.07, 6.45) is -0.118. The summed E-state index contributed by atoms with van der Waals surface area (Å²) in [5, 5.41) is 9.20. The van der Waals surface area contributed by atoms with Gasteiger partial charge in [0.15, 0.2) is 0 Å². The van der Waals surface area contributed by atoms with Crippen LogP contribution in [0.5, 0.6) is 0 Å². The highest BCUT2D eigenvalue weighted by Gasteiger charge is 2.50. The Morgan fingerprint density at radius 2 is 2.00 bits per heavy atom. The second kappa shape index (κ2) is 4.42. The first-order valence-electron chi connectivity index (χ1n) is 6.11. The molecule has 0 saturated carbocycles. The highest BCUT2D eigenvalue weighted by molar-refractivity contribution is 5.81. The van der Waals surface area contributed by atoms with E-state index in [0.29, 0.717) is 19.6 Å². The number of carboxylic acid groups (broad SMARTS) is 1. The molecule has 2 fully saturated rings. The fraction of sp³-hybridized carbons (Fsp3) is 0.833. The second-order valence-electron chi connectivity index (χ2n) is 5.84. The zero-order valence-electron chi connectivity index (χ0n) is 10.9. The first kappa shape index (κ1) is 13.1. The predicted molar refractivity (Wildman–Crippen MR) is 62.2 cm³/mol. The standard InChI is InChI=1S/C12H19NO5/c1-12(2,3)18-11(16)13-8(10(14)15)4-7-5-17-6-9(7)13/h7-9H,4-6H2,1-3H3,(H,14,15)/t7-,8-,9+/m0/s1. The fourth-order valence-electron chi connectivity index (χ4n) is 2.55. The van der Waals surface area contributed by atoms with Gasteiger partial charge in [0, 0.05) is 5.92 Å². The van der Waals surface area contributed by atoms with Crippen molar-refractivity contribution in [1.29, 1.82) is 0 Å². The normalized spacial score (nSPS) is 31.3. The Bertz CT molecular complexity index is 362. The maximum absolute atomic E-state index is 12.1. The summed E-state index contributed by atoms with van der Waals surface area (Å²) in [5.41, 5.74) is -0.627. The minimum Gasteiger partial charge on any atom is -0.480 e. The Morgan fingerprint density at radius 1 is 1.33 bits per heavy atom. The Labute approximate surface area is 106 Å². The minimum atomic E-state index is -0.977. The average molecular weight is 257 g/mol. The van der Waals surface area contributed by atoms with Crippen molar-refractivity contribution in [1.82, 2.24) is 4.90 Å². The molecule has 2 aliphatic rings. The van der Waals surface area contributed by atoms with Gasteiger partial charge in [0.2, 0.25) is 0 Å². The van der Waals surface area contributed by atoms with Gasteiger partial charge in [-0.15, -0.1) is 0 Å². The highest BCUT2D eigenvalue weighted by Crippen LogP contribution is 2.35. The van der Waals surface area contributed by atoms with Gasteiger partial charge in [0.25, 0.3) is 0 Å². The van der Waals surface area contributed by atoms with E-state index < -0.39 is 23.7 Å². The molecule has 102 valence electrons. The Morgan fingerprint density at radius 3 is 2.56 bits per heavy atom. The van der Waals surface area contributed by atoms with E-state index in [0.717, 1.165) is 0 Å². The minimum absolute atomic E-state index is 0.110. The molecule has 2 aliphatic heterocycles. The molecule has 6 heteroatoms. The van der Waals surface area contributed by atoms with Gasteiger partial charge < -0.3 is 14.6 Å². The van der Waals surface area contributed by atoms with E-state index in [2.05, 4.69) is 0 Å². The van der Waals surface area contributed by atoms with Crippen LogP contribution in [0.4, 0.5) is 4.79 Å². The molecule has 0 bridgehead atoms. The molecule has 2 heterocycles. The van der Waals surface area contributed by atoms with Crippen molar-refractivity contribution >= 4 is 12.1 Å². The highest BCUT2D eigenvalue weighted by atomic mass is 16.6. The predicted octanol–water partition coefficient (Wildman–Crippen LogP) is 1.10. The smallest absolute Gasteiger partial charge is 0.411 e. The second-order valence-corrected chi connectivity index (χ2v) is 5.84. The summed E-state index contributed by atoms with van der Waals surface area (Å²) in [6.45, 7) is 6.21. The van der Waals surface area contributed by atoms with Crippen LogP contribution >= 0.6 is 0 Å². The Kier molecular flexibility index (Phi) is 3.23. The molecule has 1 amide bonds. The topological polar surface area (TPSA) is 76.1 Å². The molecule has 0 spiro atoms. The molecule has 0 aromatic heterocycles. The lowest BCUT2D eigenvalue weighted by molar-refractivity contribution is -0.142. The van der Waals surface area contributed by atoms with Crippen molar-refractivity contribution in [3.8, 4) is 0 Å². The average Bonchev–Trinajstić information content (AvgIpc) is 2.70. The molecule has 2 rings (SSSR count). The first-order valence-corrected chi connectivity index (χ1v) is 6.11. The molecular formula is C12H19NO5. The van der Waals surface area contributed by atoms with E-state index in [1.807, 2.05) is 0 Å². The summed E-state index contributed by atoms with van der Waals surface area (Å²) < 4.78 is 10.6. The van der Waals surface area contributed by atoms with Gasteiger partial charge >= 0.3 is 12.1 Å². The SMILES string of the molecule is CC(C)(C)OC(=O)N1[C@@H]2COC[C@@H]2C[C@H]1C(=O)O. The van der Waals surface area contributed by atoms with E-state index in [1.54, 1.807) is 20.8 Å². The van der Waals surface area contributed by atoms with Crippen LogP contribution in [0.2, 0.25) is 0 Å². The molecule has 3 atom stereocenters. The van der Waals surface area contributed by atoms with E-state index in [-0.39, 0.29) is 12.0 Å². The molecule has 0 unspecified atom stereocenters. The molecule has 2 saturated heterocycles. The number of hydrogen-bond donors (Lipinski definition) is 1. The third-order valence-corrected chi connectivity index (χ3v) is 3.27. The van der Waals surface area contributed by atoms with Crippen LogP contribution in [0, 0.1) is 5.92 Å². The number of aliphatic carboxylic acids is 1. The van der Waals surface area contributed by atoms with Crippen molar-refractivity contribution in [2.75, 3.05) is 13.2 Å². The van der Waals surface area contributed by atoms with Crippen molar-refractivity contribution in [2.45, 2.75) is 44.9 Å². The number of rotatable bonds is 1. The van der Waals surface area contributed by atoms with E-state index >= 15 is 0 Å². The molecule has 0 radical (unpaired) electrons. The Hall–Kier alpha value is -1.30. The van der Waals surface area contributed by atoms with Crippen molar-refractivity contribution in [3.63, 3.8) is 0 Å². The fourth-order valence-corrected chi connectivity index (χ4v) is 2.55. The van der Waals surface area contributed by atoms with E-state index in [1.165, 1.54) is 4.90 Å². The van der Waals surface area contributed by atoms with Gasteiger partial charge in [0.1, 0.15) is 11.6 Å². The maximum Gasteiger partial charge on any atom is 0.411 e. The van der Waals surface area contributed by atoms with Crippen LogP contribution in [0.1, 0.15) is 27.2 Å². The third kappa shape index (κ3) is 2.43. The molecule has 6 nitrogen and oxygen atoms in total. The summed E-state index contributed by atoms with van der Waals surface area (Å²) in [7, 11) is 0. The lowest BCUT2D eigenvalue weighted by Gasteiger charge is -2.30. The van der Waals surface area contributed by atoms with Crippen LogP contribution in [-0.4, -0.2) is 53.0 Å². The van der Waals surface area contributed by atoms with Crippen LogP contribution in [0.25, 0.3) is 0 Å².